The predicted octanol–water partition coefficient (Wildman–Crippen LogP) is 5.98. The Labute approximate surface area is 143 Å². The molecule has 1 unspecified atom stereocenters. The largest absolute Gasteiger partial charge is 0.500 e. The lowest BCUT2D eigenvalue weighted by atomic mass is 10.1. The van der Waals surface area contributed by atoms with Gasteiger partial charge in [-0.05, 0) is 39.5 Å². The highest BCUT2D eigenvalue weighted by atomic mass is 31.1. The summed E-state index contributed by atoms with van der Waals surface area (Å²) in [6.45, 7) is 16.2. The summed E-state index contributed by atoms with van der Waals surface area (Å²) in [5.74, 6) is 0. The molecule has 0 aliphatic heterocycles. The maximum absolute atomic E-state index is 6.11. The van der Waals surface area contributed by atoms with Crippen LogP contribution in [0.3, 0.4) is 0 Å². The lowest BCUT2D eigenvalue weighted by Crippen LogP contribution is -2.47. The quantitative estimate of drug-likeness (QED) is 0.232. The van der Waals surface area contributed by atoms with Gasteiger partial charge in [-0.2, -0.15) is 0 Å². The van der Waals surface area contributed by atoms with Crippen LogP contribution in [0.1, 0.15) is 74.1 Å². The molecular formula is C17H40O3PSi. The van der Waals surface area contributed by atoms with Crippen LogP contribution in [0.2, 0.25) is 6.04 Å². The van der Waals surface area contributed by atoms with Crippen LogP contribution in [0.4, 0.5) is 0 Å². The molecule has 0 rings (SSSR count). The lowest BCUT2D eigenvalue weighted by Gasteiger charge is -2.30. The summed E-state index contributed by atoms with van der Waals surface area (Å²) in [7, 11) is -0.813. The van der Waals surface area contributed by atoms with Crippen LogP contribution in [0.5, 0.6) is 0 Å². The topological polar surface area (TPSA) is 27.7 Å². The van der Waals surface area contributed by atoms with E-state index in [1.54, 1.807) is 8.58 Å². The van der Waals surface area contributed by atoms with Gasteiger partial charge in [0.15, 0.2) is 0 Å². The fourth-order valence-electron chi connectivity index (χ4n) is 2.11. The number of unbranched alkanes of at least 4 members (excludes halogenated alkanes) is 2. The zero-order valence-electron chi connectivity index (χ0n) is 16.1. The van der Waals surface area contributed by atoms with Crippen LogP contribution in [-0.4, -0.2) is 40.4 Å². The number of hydrogen-bond donors (Lipinski definition) is 0. The van der Waals surface area contributed by atoms with E-state index in [-0.39, 0.29) is 6.10 Å². The molecule has 0 aliphatic carbocycles. The Bertz CT molecular complexity index is 210. The summed E-state index contributed by atoms with van der Waals surface area (Å²) >= 11 is 0. The van der Waals surface area contributed by atoms with Gasteiger partial charge in [-0.1, -0.05) is 55.5 Å². The monoisotopic (exact) mass is 351 g/mol. The summed E-state index contributed by atoms with van der Waals surface area (Å²) in [5, 5.41) is 0. The van der Waals surface area contributed by atoms with Crippen LogP contribution in [0.15, 0.2) is 0 Å². The molecule has 0 aromatic rings. The maximum Gasteiger partial charge on any atom is 0.500 e. The van der Waals surface area contributed by atoms with Crippen molar-refractivity contribution in [3.05, 3.63) is 0 Å². The van der Waals surface area contributed by atoms with Crippen LogP contribution >= 0.6 is 8.58 Å². The Morgan fingerprint density at radius 2 is 1.41 bits per heavy atom. The van der Waals surface area contributed by atoms with Crippen LogP contribution in [-0.2, 0) is 13.3 Å². The number of hydrogen-bond acceptors (Lipinski definition) is 3. The van der Waals surface area contributed by atoms with E-state index >= 15 is 0 Å². The molecule has 0 spiro atoms. The van der Waals surface area contributed by atoms with E-state index in [4.69, 9.17) is 13.3 Å². The van der Waals surface area contributed by atoms with Gasteiger partial charge in [-0.25, -0.2) is 0 Å². The minimum atomic E-state index is -2.39. The second kappa shape index (κ2) is 17.9. The van der Waals surface area contributed by atoms with E-state index in [1.807, 2.05) is 13.8 Å². The molecule has 1 radical (unpaired) electrons. The molecule has 0 amide bonds. The zero-order chi connectivity index (χ0) is 17.3. The molecule has 0 aromatic carbocycles. The molecule has 0 aromatic heterocycles. The van der Waals surface area contributed by atoms with Crippen molar-refractivity contribution in [2.24, 2.45) is 0 Å². The van der Waals surface area contributed by atoms with E-state index in [0.29, 0.717) is 13.2 Å². The molecule has 0 N–H and O–H groups in total. The Kier molecular flexibility index (Phi) is 20.1. The summed E-state index contributed by atoms with van der Waals surface area (Å²) in [6.07, 6.45) is 7.73. The van der Waals surface area contributed by atoms with Crippen molar-refractivity contribution < 1.29 is 13.3 Å². The highest BCUT2D eigenvalue weighted by Crippen LogP contribution is 2.20. The molecule has 135 valence electrons. The molecule has 5 heteroatoms. The van der Waals surface area contributed by atoms with Crippen molar-refractivity contribution in [2.75, 3.05) is 25.5 Å². The summed E-state index contributed by atoms with van der Waals surface area (Å²) < 4.78 is 17.7. The van der Waals surface area contributed by atoms with Gasteiger partial charge in [0.05, 0.1) is 0 Å². The van der Waals surface area contributed by atoms with Gasteiger partial charge in [0.2, 0.25) is 0 Å². The minimum Gasteiger partial charge on any atom is -0.374 e. The highest BCUT2D eigenvalue weighted by Gasteiger charge is 2.39. The third kappa shape index (κ3) is 14.1. The summed E-state index contributed by atoms with van der Waals surface area (Å²) in [5.41, 5.74) is 0. The maximum atomic E-state index is 6.11. The molecule has 1 atom stereocenters. The minimum absolute atomic E-state index is 0.242. The normalized spacial score (nSPS) is 12.7. The van der Waals surface area contributed by atoms with Crippen LogP contribution in [0, 0.1) is 0 Å². The van der Waals surface area contributed by atoms with Gasteiger partial charge in [-0.3, -0.25) is 0 Å². The fraction of sp³-hybridized carbons (Fsp3) is 1.00. The second-order valence-electron chi connectivity index (χ2n) is 5.18. The average Bonchev–Trinajstić information content (AvgIpc) is 2.49. The van der Waals surface area contributed by atoms with Crippen molar-refractivity contribution in [2.45, 2.75) is 86.3 Å². The molecule has 0 saturated carbocycles. The standard InChI is InChI=1S/C13H30O3Si.C4H10P/c1-6-10-11-12-13(5)16-17(9-4,14-7-2)15-8-3;1-3-5-4-2/h13H,6-12H2,1-5H3;3-4H2,1-2H3. The first kappa shape index (κ1) is 24.8. The summed E-state index contributed by atoms with van der Waals surface area (Å²) in [6, 6.07) is 0.854. The van der Waals surface area contributed by atoms with Gasteiger partial charge in [0, 0.05) is 25.4 Å². The molecule has 0 fully saturated rings. The van der Waals surface area contributed by atoms with E-state index in [0.717, 1.165) is 12.5 Å². The van der Waals surface area contributed by atoms with Crippen molar-refractivity contribution in [3.63, 3.8) is 0 Å². The molecule has 0 bridgehead atoms. The van der Waals surface area contributed by atoms with E-state index in [1.165, 1.54) is 31.6 Å². The Balaban J connectivity index is 0. The Morgan fingerprint density at radius 1 is 0.864 bits per heavy atom. The molecule has 22 heavy (non-hydrogen) atoms. The molecule has 0 aliphatic rings. The van der Waals surface area contributed by atoms with Gasteiger partial charge in [0.1, 0.15) is 0 Å². The molecule has 0 saturated heterocycles. The van der Waals surface area contributed by atoms with E-state index in [2.05, 4.69) is 34.6 Å². The van der Waals surface area contributed by atoms with Gasteiger partial charge >= 0.3 is 8.80 Å². The first-order valence-electron chi connectivity index (χ1n) is 9.14. The SMILES string of the molecule is CCCCCC(C)O[Si](CC)(OCC)OCC.CC[P]CC. The van der Waals surface area contributed by atoms with E-state index < -0.39 is 8.80 Å². The lowest BCUT2D eigenvalue weighted by molar-refractivity contribution is 0.0358. The zero-order valence-corrected chi connectivity index (χ0v) is 18.0. The average molecular weight is 352 g/mol. The molecular weight excluding hydrogens is 311 g/mol. The van der Waals surface area contributed by atoms with E-state index in [9.17, 15) is 0 Å². The third-order valence-electron chi connectivity index (χ3n) is 3.20. The first-order valence-corrected chi connectivity index (χ1v) is 12.3. The summed E-state index contributed by atoms with van der Waals surface area (Å²) in [4.78, 5) is 0. The fourth-order valence-corrected chi connectivity index (χ4v) is 4.96. The van der Waals surface area contributed by atoms with Gasteiger partial charge < -0.3 is 13.3 Å². The molecule has 0 heterocycles. The van der Waals surface area contributed by atoms with Crippen LogP contribution in [0.25, 0.3) is 0 Å². The van der Waals surface area contributed by atoms with Gasteiger partial charge in [0.25, 0.3) is 0 Å². The highest BCUT2D eigenvalue weighted by molar-refractivity contribution is 7.37. The number of rotatable bonds is 13. The Hall–Kier alpha value is 0.527. The Morgan fingerprint density at radius 3 is 1.73 bits per heavy atom. The third-order valence-corrected chi connectivity index (χ3v) is 7.18. The van der Waals surface area contributed by atoms with Crippen LogP contribution < -0.4 is 0 Å². The van der Waals surface area contributed by atoms with Crippen molar-refractivity contribution in [1.29, 1.82) is 0 Å². The van der Waals surface area contributed by atoms with Crippen molar-refractivity contribution in [3.8, 4) is 0 Å². The second-order valence-corrected chi connectivity index (χ2v) is 9.78. The van der Waals surface area contributed by atoms with Crippen molar-refractivity contribution >= 4 is 17.4 Å². The van der Waals surface area contributed by atoms with Gasteiger partial charge in [-0.15, -0.1) is 0 Å². The smallest absolute Gasteiger partial charge is 0.374 e. The van der Waals surface area contributed by atoms with Crippen molar-refractivity contribution in [1.82, 2.24) is 0 Å². The predicted molar refractivity (Wildman–Crippen MR) is 102 cm³/mol. The molecule has 3 nitrogen and oxygen atoms in total. The first-order chi connectivity index (χ1) is 10.6.